The summed E-state index contributed by atoms with van der Waals surface area (Å²) in [7, 11) is 1.25. The van der Waals surface area contributed by atoms with E-state index in [-0.39, 0.29) is 35.1 Å². The first-order chi connectivity index (χ1) is 11.9. The molecule has 2 rings (SSSR count). The second kappa shape index (κ2) is 8.44. The number of amides is 1. The van der Waals surface area contributed by atoms with Gasteiger partial charge in [0.15, 0.2) is 5.78 Å². The number of ketones is 1. The number of nitrogens with one attached hydrogen (secondary N) is 1. The van der Waals surface area contributed by atoms with Crippen molar-refractivity contribution in [2.24, 2.45) is 0 Å². The largest absolute Gasteiger partial charge is 0.465 e. The lowest BCUT2D eigenvalue weighted by molar-refractivity contribution is -0.116. The van der Waals surface area contributed by atoms with Crippen molar-refractivity contribution < 1.29 is 19.1 Å². The summed E-state index contributed by atoms with van der Waals surface area (Å²) in [5.41, 5.74) is 2.08. The Labute approximate surface area is 150 Å². The average Bonchev–Trinajstić information content (AvgIpc) is 2.61. The summed E-state index contributed by atoms with van der Waals surface area (Å²) in [5.74, 6) is -0.990. The summed E-state index contributed by atoms with van der Waals surface area (Å²) < 4.78 is 4.64. The number of hydrogen-bond donors (Lipinski definition) is 1. The number of aryl methyl sites for hydroxylation is 1. The summed E-state index contributed by atoms with van der Waals surface area (Å²) >= 11 is 5.93. The van der Waals surface area contributed by atoms with Gasteiger partial charge in [-0.05, 0) is 30.7 Å². The number of benzene rings is 2. The van der Waals surface area contributed by atoms with E-state index in [4.69, 9.17) is 11.6 Å². The lowest BCUT2D eigenvalue weighted by atomic mass is 10.0. The van der Waals surface area contributed by atoms with Crippen LogP contribution < -0.4 is 5.32 Å². The molecule has 6 heteroatoms. The summed E-state index contributed by atoms with van der Waals surface area (Å²) in [6, 6.07) is 11.8. The van der Waals surface area contributed by atoms with Crippen LogP contribution in [0.4, 0.5) is 5.69 Å². The van der Waals surface area contributed by atoms with Crippen LogP contribution in [0.5, 0.6) is 0 Å². The minimum Gasteiger partial charge on any atom is -0.465 e. The molecule has 0 aliphatic rings. The van der Waals surface area contributed by atoms with Gasteiger partial charge in [-0.2, -0.15) is 0 Å². The van der Waals surface area contributed by atoms with Crippen molar-refractivity contribution >= 4 is 34.9 Å². The normalized spacial score (nSPS) is 10.2. The predicted octanol–water partition coefficient (Wildman–Crippen LogP) is 4.04. The van der Waals surface area contributed by atoms with E-state index in [9.17, 15) is 14.4 Å². The van der Waals surface area contributed by atoms with Crippen LogP contribution in [-0.4, -0.2) is 24.8 Å². The third kappa shape index (κ3) is 4.90. The Morgan fingerprint density at radius 1 is 1.04 bits per heavy atom. The van der Waals surface area contributed by atoms with E-state index in [0.717, 1.165) is 5.56 Å². The van der Waals surface area contributed by atoms with Crippen molar-refractivity contribution in [2.75, 3.05) is 12.4 Å². The zero-order chi connectivity index (χ0) is 18.4. The molecule has 0 radical (unpaired) electrons. The smallest absolute Gasteiger partial charge is 0.339 e. The van der Waals surface area contributed by atoms with E-state index < -0.39 is 5.97 Å². The second-order valence-corrected chi connectivity index (χ2v) is 5.88. The molecule has 0 spiro atoms. The van der Waals surface area contributed by atoms with Crippen LogP contribution >= 0.6 is 11.6 Å². The quantitative estimate of drug-likeness (QED) is 0.624. The number of anilines is 1. The molecule has 0 bridgehead atoms. The van der Waals surface area contributed by atoms with Gasteiger partial charge in [-0.25, -0.2) is 4.79 Å². The lowest BCUT2D eigenvalue weighted by Gasteiger charge is -2.08. The molecule has 0 saturated carbocycles. The Morgan fingerprint density at radius 2 is 1.76 bits per heavy atom. The van der Waals surface area contributed by atoms with Crippen LogP contribution in [0.2, 0.25) is 5.02 Å². The molecule has 0 saturated heterocycles. The maximum absolute atomic E-state index is 12.2. The Balaban J connectivity index is 1.98. The Kier molecular flexibility index (Phi) is 6.31. The van der Waals surface area contributed by atoms with E-state index in [1.165, 1.54) is 19.2 Å². The maximum Gasteiger partial charge on any atom is 0.339 e. The third-order valence-electron chi connectivity index (χ3n) is 3.68. The van der Waals surface area contributed by atoms with Gasteiger partial charge in [0.1, 0.15) is 0 Å². The lowest BCUT2D eigenvalue weighted by Crippen LogP contribution is -2.14. The minimum atomic E-state index is -0.587. The minimum absolute atomic E-state index is 0.0450. The highest BCUT2D eigenvalue weighted by molar-refractivity contribution is 6.33. The van der Waals surface area contributed by atoms with Gasteiger partial charge in [-0.1, -0.05) is 35.9 Å². The third-order valence-corrected chi connectivity index (χ3v) is 4.01. The topological polar surface area (TPSA) is 72.5 Å². The number of ether oxygens (including phenoxy) is 1. The Hall–Kier alpha value is -2.66. The number of hydrogen-bond acceptors (Lipinski definition) is 4. The molecular weight excluding hydrogens is 342 g/mol. The molecule has 5 nitrogen and oxygen atoms in total. The van der Waals surface area contributed by atoms with Crippen LogP contribution in [0.15, 0.2) is 42.5 Å². The van der Waals surface area contributed by atoms with Gasteiger partial charge >= 0.3 is 5.97 Å². The number of esters is 1. The van der Waals surface area contributed by atoms with Gasteiger partial charge < -0.3 is 10.1 Å². The second-order valence-electron chi connectivity index (χ2n) is 5.47. The first-order valence-electron chi connectivity index (χ1n) is 7.69. The average molecular weight is 360 g/mol. The number of methoxy groups -OCH3 is 1. The van der Waals surface area contributed by atoms with E-state index in [1.54, 1.807) is 18.2 Å². The van der Waals surface area contributed by atoms with Crippen molar-refractivity contribution in [1.29, 1.82) is 0 Å². The molecule has 0 atom stereocenters. The van der Waals surface area contributed by atoms with Crippen LogP contribution in [0.1, 0.15) is 39.1 Å². The van der Waals surface area contributed by atoms with Gasteiger partial charge in [-0.3, -0.25) is 9.59 Å². The van der Waals surface area contributed by atoms with Gasteiger partial charge in [0.05, 0.1) is 17.7 Å². The van der Waals surface area contributed by atoms with Crippen LogP contribution in [0.25, 0.3) is 0 Å². The number of halogens is 1. The fourth-order valence-electron chi connectivity index (χ4n) is 2.34. The molecule has 0 fully saturated rings. The van der Waals surface area contributed by atoms with Crippen molar-refractivity contribution in [3.8, 4) is 0 Å². The molecule has 25 heavy (non-hydrogen) atoms. The summed E-state index contributed by atoms with van der Waals surface area (Å²) in [6.45, 7) is 1.86. The molecule has 1 amide bonds. The monoisotopic (exact) mass is 359 g/mol. The number of carbonyl (C=O) groups is 3. The molecule has 0 unspecified atom stereocenters. The Morgan fingerprint density at radius 3 is 2.44 bits per heavy atom. The van der Waals surface area contributed by atoms with E-state index >= 15 is 0 Å². The number of carbonyl (C=O) groups excluding carboxylic acids is 3. The fraction of sp³-hybridized carbons (Fsp3) is 0.211. The summed E-state index contributed by atoms with van der Waals surface area (Å²) in [4.78, 5) is 35.9. The summed E-state index contributed by atoms with van der Waals surface area (Å²) in [6.07, 6.45) is 0.150. The van der Waals surface area contributed by atoms with Gasteiger partial charge in [-0.15, -0.1) is 0 Å². The van der Waals surface area contributed by atoms with Crippen molar-refractivity contribution in [3.05, 3.63) is 64.2 Å². The van der Waals surface area contributed by atoms with Gasteiger partial charge in [0.25, 0.3) is 0 Å². The first kappa shape index (κ1) is 18.7. The first-order valence-corrected chi connectivity index (χ1v) is 8.06. The predicted molar refractivity (Wildman–Crippen MR) is 96.2 cm³/mol. The molecular formula is C19H18ClNO4. The highest BCUT2D eigenvalue weighted by Gasteiger charge is 2.14. The zero-order valence-corrected chi connectivity index (χ0v) is 14.7. The van der Waals surface area contributed by atoms with Crippen LogP contribution in [0, 0.1) is 6.92 Å². The van der Waals surface area contributed by atoms with Crippen molar-refractivity contribution in [3.63, 3.8) is 0 Å². The molecule has 0 aromatic heterocycles. The molecule has 130 valence electrons. The molecule has 2 aromatic carbocycles. The SMILES string of the molecule is COC(=O)c1cc(NC(=O)CCC(=O)c2ccccc2C)ccc1Cl. The van der Waals surface area contributed by atoms with E-state index in [1.807, 2.05) is 19.1 Å². The highest BCUT2D eigenvalue weighted by Crippen LogP contribution is 2.21. The van der Waals surface area contributed by atoms with Gasteiger partial charge in [0.2, 0.25) is 5.91 Å². The highest BCUT2D eigenvalue weighted by atomic mass is 35.5. The molecule has 0 aliphatic heterocycles. The standard InChI is InChI=1S/C19H18ClNO4/c1-12-5-3-4-6-14(12)17(22)9-10-18(23)21-13-7-8-16(20)15(11-13)19(24)25-2/h3-8,11H,9-10H2,1-2H3,(H,21,23). The fourth-order valence-corrected chi connectivity index (χ4v) is 2.54. The van der Waals surface area contributed by atoms with Crippen LogP contribution in [0.3, 0.4) is 0 Å². The molecule has 2 aromatic rings. The van der Waals surface area contributed by atoms with Crippen LogP contribution in [-0.2, 0) is 9.53 Å². The number of rotatable bonds is 6. The number of Topliss-reactive ketones (excluding diaryl/α,β-unsaturated/α-hetero) is 1. The zero-order valence-electron chi connectivity index (χ0n) is 14.0. The molecule has 1 N–H and O–H groups in total. The summed E-state index contributed by atoms with van der Waals surface area (Å²) in [5, 5.41) is 2.89. The van der Waals surface area contributed by atoms with E-state index in [0.29, 0.717) is 11.3 Å². The van der Waals surface area contributed by atoms with E-state index in [2.05, 4.69) is 10.1 Å². The maximum atomic E-state index is 12.2. The molecule has 0 aliphatic carbocycles. The molecule has 0 heterocycles. The van der Waals surface area contributed by atoms with Crippen molar-refractivity contribution in [1.82, 2.24) is 0 Å². The Bertz CT molecular complexity index is 817. The van der Waals surface area contributed by atoms with Gasteiger partial charge in [0, 0.05) is 24.1 Å². The van der Waals surface area contributed by atoms with Crippen molar-refractivity contribution in [2.45, 2.75) is 19.8 Å².